The summed E-state index contributed by atoms with van der Waals surface area (Å²) in [5.41, 5.74) is 1.67. The van der Waals surface area contributed by atoms with Gasteiger partial charge in [0.05, 0.1) is 5.56 Å². The van der Waals surface area contributed by atoms with E-state index in [1.54, 1.807) is 20.0 Å². The van der Waals surface area contributed by atoms with E-state index in [9.17, 15) is 0 Å². The smallest absolute Gasteiger partial charge is 0.141 e. The van der Waals surface area contributed by atoms with Crippen LogP contribution >= 0.6 is 23.2 Å². The minimum Gasteiger partial charge on any atom is -0.387 e. The SMILES string of the molecule is CNc1cc(Cl)nc(Cl)c1C(C)=N. The molecular formula is C8H9Cl2N3. The molecule has 1 aromatic heterocycles. The molecule has 0 aliphatic carbocycles. The molecule has 0 amide bonds. The van der Waals surface area contributed by atoms with Gasteiger partial charge in [-0.1, -0.05) is 23.2 Å². The van der Waals surface area contributed by atoms with Crippen molar-refractivity contribution in [2.75, 3.05) is 12.4 Å². The Kier molecular flexibility index (Phi) is 3.12. The molecular weight excluding hydrogens is 209 g/mol. The predicted octanol–water partition coefficient (Wildman–Crippen LogP) is 2.82. The van der Waals surface area contributed by atoms with Crippen molar-refractivity contribution >= 4 is 34.6 Å². The highest BCUT2D eigenvalue weighted by Gasteiger charge is 2.10. The van der Waals surface area contributed by atoms with Gasteiger partial charge in [-0.15, -0.1) is 0 Å². The molecule has 0 aliphatic heterocycles. The molecule has 0 fully saturated rings. The molecule has 5 heteroatoms. The summed E-state index contributed by atoms with van der Waals surface area (Å²) >= 11 is 11.5. The normalized spacial score (nSPS) is 9.85. The van der Waals surface area contributed by atoms with Gasteiger partial charge in [0, 0.05) is 18.4 Å². The number of hydrogen-bond donors (Lipinski definition) is 2. The van der Waals surface area contributed by atoms with E-state index in [0.29, 0.717) is 16.4 Å². The van der Waals surface area contributed by atoms with E-state index in [4.69, 9.17) is 28.6 Å². The third-order valence-electron chi connectivity index (χ3n) is 1.59. The lowest BCUT2D eigenvalue weighted by Gasteiger charge is -2.09. The van der Waals surface area contributed by atoms with Crippen molar-refractivity contribution in [3.05, 3.63) is 21.9 Å². The average Bonchev–Trinajstić information content (AvgIpc) is 2.01. The second-order valence-corrected chi connectivity index (χ2v) is 3.28. The molecule has 2 N–H and O–H groups in total. The lowest BCUT2D eigenvalue weighted by molar-refractivity contribution is 1.29. The summed E-state index contributed by atoms with van der Waals surface area (Å²) in [7, 11) is 1.74. The molecule has 0 bridgehead atoms. The van der Waals surface area contributed by atoms with E-state index in [0.717, 1.165) is 5.69 Å². The van der Waals surface area contributed by atoms with Crippen LogP contribution in [0.15, 0.2) is 6.07 Å². The van der Waals surface area contributed by atoms with Crippen LogP contribution in [0.4, 0.5) is 5.69 Å². The Morgan fingerprint density at radius 2 is 2.15 bits per heavy atom. The Hall–Kier alpha value is -0.800. The van der Waals surface area contributed by atoms with Gasteiger partial charge in [0.1, 0.15) is 10.3 Å². The molecule has 0 unspecified atom stereocenters. The van der Waals surface area contributed by atoms with Crippen molar-refractivity contribution in [1.82, 2.24) is 4.98 Å². The third-order valence-corrected chi connectivity index (χ3v) is 2.06. The molecule has 0 atom stereocenters. The van der Waals surface area contributed by atoms with Crippen LogP contribution in [0.5, 0.6) is 0 Å². The highest BCUT2D eigenvalue weighted by molar-refractivity contribution is 6.35. The standard InChI is InChI=1S/C8H9Cl2N3/c1-4(11)7-5(12-2)3-6(9)13-8(7)10/h3,11H,1-2H3,(H,12,13). The lowest BCUT2D eigenvalue weighted by atomic mass is 10.1. The average molecular weight is 218 g/mol. The molecule has 0 saturated carbocycles. The number of pyridine rings is 1. The van der Waals surface area contributed by atoms with Crippen molar-refractivity contribution in [2.45, 2.75) is 6.92 Å². The van der Waals surface area contributed by atoms with Crippen LogP contribution in [0.25, 0.3) is 0 Å². The Labute approximate surface area is 86.6 Å². The predicted molar refractivity (Wildman–Crippen MR) is 56.3 cm³/mol. The Morgan fingerprint density at radius 3 is 2.62 bits per heavy atom. The van der Waals surface area contributed by atoms with Crippen molar-refractivity contribution in [1.29, 1.82) is 5.41 Å². The number of anilines is 1. The van der Waals surface area contributed by atoms with Crippen LogP contribution in [0.2, 0.25) is 10.3 Å². The van der Waals surface area contributed by atoms with E-state index in [1.807, 2.05) is 0 Å². The number of rotatable bonds is 2. The number of nitrogens with zero attached hydrogens (tertiary/aromatic N) is 1. The zero-order chi connectivity index (χ0) is 10.0. The Balaban J connectivity index is 3.38. The summed E-state index contributed by atoms with van der Waals surface area (Å²) in [4.78, 5) is 3.85. The van der Waals surface area contributed by atoms with Gasteiger partial charge in [-0.25, -0.2) is 4.98 Å². The second kappa shape index (κ2) is 3.94. The first-order valence-corrected chi connectivity index (χ1v) is 4.41. The number of hydrogen-bond acceptors (Lipinski definition) is 3. The van der Waals surface area contributed by atoms with Crippen molar-refractivity contribution in [2.24, 2.45) is 0 Å². The monoisotopic (exact) mass is 217 g/mol. The van der Waals surface area contributed by atoms with Crippen LogP contribution < -0.4 is 5.32 Å². The summed E-state index contributed by atoms with van der Waals surface area (Å²) < 4.78 is 0. The molecule has 0 saturated heterocycles. The third kappa shape index (κ3) is 2.11. The second-order valence-electron chi connectivity index (χ2n) is 2.53. The van der Waals surface area contributed by atoms with Gasteiger partial charge in [0.15, 0.2) is 0 Å². The molecule has 0 aromatic carbocycles. The molecule has 0 spiro atoms. The highest BCUT2D eigenvalue weighted by Crippen LogP contribution is 2.25. The fourth-order valence-corrected chi connectivity index (χ4v) is 1.61. The van der Waals surface area contributed by atoms with Crippen molar-refractivity contribution < 1.29 is 0 Å². The topological polar surface area (TPSA) is 48.8 Å². The maximum Gasteiger partial charge on any atom is 0.141 e. The lowest BCUT2D eigenvalue weighted by Crippen LogP contribution is -2.02. The van der Waals surface area contributed by atoms with E-state index in [-0.39, 0.29) is 5.15 Å². The first-order chi connectivity index (χ1) is 6.06. The largest absolute Gasteiger partial charge is 0.387 e. The van der Waals surface area contributed by atoms with Crippen molar-refractivity contribution in [3.8, 4) is 0 Å². The summed E-state index contributed by atoms with van der Waals surface area (Å²) in [5.74, 6) is 0. The molecule has 0 radical (unpaired) electrons. The van der Waals surface area contributed by atoms with Gasteiger partial charge in [-0.2, -0.15) is 0 Å². The zero-order valence-corrected chi connectivity index (χ0v) is 8.79. The molecule has 0 aliphatic rings. The van der Waals surface area contributed by atoms with E-state index < -0.39 is 0 Å². The summed E-state index contributed by atoms with van der Waals surface area (Å²) in [6.45, 7) is 1.65. The maximum absolute atomic E-state index is 7.48. The number of halogens is 2. The molecule has 1 heterocycles. The fourth-order valence-electron chi connectivity index (χ4n) is 1.04. The van der Waals surface area contributed by atoms with Crippen LogP contribution in [-0.2, 0) is 0 Å². The van der Waals surface area contributed by atoms with E-state index in [1.165, 1.54) is 0 Å². The van der Waals surface area contributed by atoms with Gasteiger partial charge >= 0.3 is 0 Å². The Bertz CT molecular complexity index is 349. The first kappa shape index (κ1) is 10.3. The maximum atomic E-state index is 7.48. The van der Waals surface area contributed by atoms with Gasteiger partial charge in [-0.05, 0) is 13.0 Å². The van der Waals surface area contributed by atoms with Gasteiger partial charge < -0.3 is 10.7 Å². The number of aromatic nitrogens is 1. The van der Waals surface area contributed by atoms with E-state index in [2.05, 4.69) is 10.3 Å². The fraction of sp³-hybridized carbons (Fsp3) is 0.250. The van der Waals surface area contributed by atoms with Gasteiger partial charge in [-0.3, -0.25) is 0 Å². The van der Waals surface area contributed by atoms with Crippen LogP contribution in [0.1, 0.15) is 12.5 Å². The molecule has 13 heavy (non-hydrogen) atoms. The summed E-state index contributed by atoms with van der Waals surface area (Å²) in [6.07, 6.45) is 0. The van der Waals surface area contributed by atoms with Crippen LogP contribution in [0, 0.1) is 5.41 Å². The molecule has 1 rings (SSSR count). The highest BCUT2D eigenvalue weighted by atomic mass is 35.5. The number of nitrogens with one attached hydrogen (secondary N) is 2. The quantitative estimate of drug-likeness (QED) is 0.592. The van der Waals surface area contributed by atoms with E-state index >= 15 is 0 Å². The molecule has 3 nitrogen and oxygen atoms in total. The van der Waals surface area contributed by atoms with Gasteiger partial charge in [0.2, 0.25) is 0 Å². The minimum absolute atomic E-state index is 0.254. The summed E-state index contributed by atoms with van der Waals surface area (Å²) in [6, 6.07) is 1.64. The summed E-state index contributed by atoms with van der Waals surface area (Å²) in [5, 5.41) is 11.0. The Morgan fingerprint density at radius 1 is 1.54 bits per heavy atom. The van der Waals surface area contributed by atoms with Crippen LogP contribution in [-0.4, -0.2) is 17.7 Å². The molecule has 1 aromatic rings. The first-order valence-electron chi connectivity index (χ1n) is 3.65. The van der Waals surface area contributed by atoms with Gasteiger partial charge in [0.25, 0.3) is 0 Å². The zero-order valence-electron chi connectivity index (χ0n) is 7.28. The molecule has 70 valence electrons. The van der Waals surface area contributed by atoms with Crippen molar-refractivity contribution in [3.63, 3.8) is 0 Å². The van der Waals surface area contributed by atoms with Crippen LogP contribution in [0.3, 0.4) is 0 Å². The minimum atomic E-state index is 0.254.